The summed E-state index contributed by atoms with van der Waals surface area (Å²) in [6.45, 7) is 1.48. The lowest BCUT2D eigenvalue weighted by molar-refractivity contribution is -0.137. The van der Waals surface area contributed by atoms with Crippen LogP contribution in [0.15, 0.2) is 48.8 Å². The van der Waals surface area contributed by atoms with Crippen molar-refractivity contribution in [1.82, 2.24) is 15.6 Å². The van der Waals surface area contributed by atoms with Crippen LogP contribution in [0.3, 0.4) is 0 Å². The Balaban J connectivity index is 1.94. The molecule has 29 heavy (non-hydrogen) atoms. The Bertz CT molecular complexity index is 885. The molecule has 1 aromatic heterocycles. The van der Waals surface area contributed by atoms with Gasteiger partial charge in [-0.15, -0.1) is 0 Å². The Morgan fingerprint density at radius 3 is 2.41 bits per heavy atom. The standard InChI is InChI=1S/C19H22N6O4/c1-11(23-19(29)24-14-6-4-12(5-7-14)17(20)21)18(28)25-15(9-16(26)27)13-3-2-8-22-10-13/h2-8,10-11,15H,9H2,1H3,(H3,20,21)(H,25,28)(H,26,27)(H2,23,24,29)/t11-,15?/m0/s1. The molecule has 152 valence electrons. The molecule has 0 radical (unpaired) electrons. The molecular weight excluding hydrogens is 376 g/mol. The molecule has 0 aliphatic carbocycles. The Labute approximate surface area is 167 Å². The summed E-state index contributed by atoms with van der Waals surface area (Å²) in [7, 11) is 0. The number of rotatable bonds is 8. The van der Waals surface area contributed by atoms with Gasteiger partial charge in [0.05, 0.1) is 12.5 Å². The van der Waals surface area contributed by atoms with E-state index in [2.05, 4.69) is 20.9 Å². The zero-order chi connectivity index (χ0) is 21.4. The van der Waals surface area contributed by atoms with Crippen LogP contribution in [0.25, 0.3) is 0 Å². The fraction of sp³-hybridized carbons (Fsp3) is 0.211. The number of carbonyl (C=O) groups is 3. The van der Waals surface area contributed by atoms with E-state index in [1.807, 2.05) is 0 Å². The van der Waals surface area contributed by atoms with Crippen LogP contribution in [0.1, 0.15) is 30.5 Å². The van der Waals surface area contributed by atoms with Gasteiger partial charge in [0.25, 0.3) is 0 Å². The minimum Gasteiger partial charge on any atom is -0.481 e. The second-order valence-electron chi connectivity index (χ2n) is 6.26. The van der Waals surface area contributed by atoms with Crippen LogP contribution in [0.2, 0.25) is 0 Å². The molecule has 10 heteroatoms. The molecule has 0 saturated heterocycles. The number of amides is 3. The summed E-state index contributed by atoms with van der Waals surface area (Å²) in [5.74, 6) is -1.70. The first-order chi connectivity index (χ1) is 13.8. The second kappa shape index (κ2) is 9.83. The van der Waals surface area contributed by atoms with Gasteiger partial charge in [0, 0.05) is 23.6 Å². The number of hydrogen-bond donors (Lipinski definition) is 6. The molecule has 7 N–H and O–H groups in total. The van der Waals surface area contributed by atoms with Crippen molar-refractivity contribution in [1.29, 1.82) is 5.41 Å². The topological polar surface area (TPSA) is 170 Å². The molecule has 0 aliphatic rings. The van der Waals surface area contributed by atoms with Crippen LogP contribution in [0, 0.1) is 5.41 Å². The van der Waals surface area contributed by atoms with E-state index in [1.54, 1.807) is 42.6 Å². The molecule has 2 atom stereocenters. The molecule has 0 bridgehead atoms. The van der Waals surface area contributed by atoms with Gasteiger partial charge in [-0.3, -0.25) is 20.0 Å². The number of carbonyl (C=O) groups excluding carboxylic acids is 2. The minimum absolute atomic E-state index is 0.0872. The SMILES string of the molecule is C[C@H](NC(=O)Nc1ccc(C(=N)N)cc1)C(=O)NC(CC(=O)O)c1cccnc1. The summed E-state index contributed by atoms with van der Waals surface area (Å²) < 4.78 is 0. The molecule has 0 aliphatic heterocycles. The molecule has 0 fully saturated rings. The number of benzene rings is 1. The summed E-state index contributed by atoms with van der Waals surface area (Å²) in [6.07, 6.45) is 2.70. The lowest BCUT2D eigenvalue weighted by Gasteiger charge is -2.20. The van der Waals surface area contributed by atoms with Gasteiger partial charge in [0.15, 0.2) is 0 Å². The van der Waals surface area contributed by atoms with Gasteiger partial charge in [-0.05, 0) is 42.8 Å². The van der Waals surface area contributed by atoms with Crippen LogP contribution >= 0.6 is 0 Å². The summed E-state index contributed by atoms with van der Waals surface area (Å²) in [4.78, 5) is 39.6. The zero-order valence-electron chi connectivity index (χ0n) is 15.7. The third-order valence-corrected chi connectivity index (χ3v) is 3.98. The van der Waals surface area contributed by atoms with Crippen molar-refractivity contribution in [2.24, 2.45) is 5.73 Å². The van der Waals surface area contributed by atoms with Crippen LogP contribution in [0.5, 0.6) is 0 Å². The van der Waals surface area contributed by atoms with Crippen molar-refractivity contribution in [3.8, 4) is 0 Å². The van der Waals surface area contributed by atoms with Crippen molar-refractivity contribution in [3.05, 3.63) is 59.9 Å². The Kier molecular flexibility index (Phi) is 7.24. The first-order valence-electron chi connectivity index (χ1n) is 8.70. The average Bonchev–Trinajstić information content (AvgIpc) is 2.68. The third-order valence-electron chi connectivity index (χ3n) is 3.98. The highest BCUT2D eigenvalue weighted by molar-refractivity contribution is 5.96. The number of anilines is 1. The summed E-state index contributed by atoms with van der Waals surface area (Å²) in [5, 5.41) is 24.1. The maximum atomic E-state index is 12.4. The van der Waals surface area contributed by atoms with Gasteiger partial charge in [0.2, 0.25) is 5.91 Å². The Morgan fingerprint density at radius 2 is 1.86 bits per heavy atom. The van der Waals surface area contributed by atoms with Crippen molar-refractivity contribution >= 4 is 29.4 Å². The smallest absolute Gasteiger partial charge is 0.319 e. The van der Waals surface area contributed by atoms with Crippen LogP contribution < -0.4 is 21.7 Å². The lowest BCUT2D eigenvalue weighted by atomic mass is 10.1. The highest BCUT2D eigenvalue weighted by Gasteiger charge is 2.22. The van der Waals surface area contributed by atoms with Crippen molar-refractivity contribution in [2.75, 3.05) is 5.32 Å². The quantitative estimate of drug-likeness (QED) is 0.288. The second-order valence-corrected chi connectivity index (χ2v) is 6.26. The number of nitrogens with zero attached hydrogens (tertiary/aromatic N) is 1. The molecule has 10 nitrogen and oxygen atoms in total. The van der Waals surface area contributed by atoms with E-state index in [4.69, 9.17) is 16.2 Å². The number of carboxylic acid groups (broad SMARTS) is 1. The van der Waals surface area contributed by atoms with Gasteiger partial charge in [-0.1, -0.05) is 6.07 Å². The van der Waals surface area contributed by atoms with E-state index in [0.717, 1.165) is 0 Å². The predicted octanol–water partition coefficient (Wildman–Crippen LogP) is 1.21. The molecular formula is C19H22N6O4. The van der Waals surface area contributed by atoms with E-state index in [1.165, 1.54) is 13.1 Å². The minimum atomic E-state index is -1.08. The molecule has 0 spiro atoms. The summed E-state index contributed by atoms with van der Waals surface area (Å²) in [5.41, 5.74) is 6.90. The number of amidine groups is 1. The van der Waals surface area contributed by atoms with Crippen molar-refractivity contribution in [3.63, 3.8) is 0 Å². The molecule has 1 unspecified atom stereocenters. The van der Waals surface area contributed by atoms with Crippen molar-refractivity contribution in [2.45, 2.75) is 25.4 Å². The van der Waals surface area contributed by atoms with E-state index >= 15 is 0 Å². The van der Waals surface area contributed by atoms with E-state index in [9.17, 15) is 14.4 Å². The number of pyridine rings is 1. The number of hydrogen-bond acceptors (Lipinski definition) is 5. The molecule has 2 rings (SSSR count). The molecule has 2 aromatic rings. The van der Waals surface area contributed by atoms with Gasteiger partial charge < -0.3 is 26.8 Å². The number of nitrogens with two attached hydrogens (primary N) is 1. The maximum Gasteiger partial charge on any atom is 0.319 e. The normalized spacial score (nSPS) is 12.3. The summed E-state index contributed by atoms with van der Waals surface area (Å²) >= 11 is 0. The van der Waals surface area contributed by atoms with Gasteiger partial charge in [-0.2, -0.15) is 0 Å². The highest BCUT2D eigenvalue weighted by atomic mass is 16.4. The Morgan fingerprint density at radius 1 is 1.17 bits per heavy atom. The fourth-order valence-electron chi connectivity index (χ4n) is 2.47. The molecule has 3 amide bonds. The first-order valence-corrected chi connectivity index (χ1v) is 8.70. The van der Waals surface area contributed by atoms with E-state index in [0.29, 0.717) is 16.8 Å². The monoisotopic (exact) mass is 398 g/mol. The van der Waals surface area contributed by atoms with Gasteiger partial charge in [0.1, 0.15) is 11.9 Å². The number of aromatic nitrogens is 1. The van der Waals surface area contributed by atoms with Crippen LogP contribution in [-0.2, 0) is 9.59 Å². The largest absolute Gasteiger partial charge is 0.481 e. The highest BCUT2D eigenvalue weighted by Crippen LogP contribution is 2.16. The van der Waals surface area contributed by atoms with Crippen LogP contribution in [0.4, 0.5) is 10.5 Å². The summed E-state index contributed by atoms with van der Waals surface area (Å²) in [6, 6.07) is 7.31. The maximum absolute atomic E-state index is 12.4. The zero-order valence-corrected chi connectivity index (χ0v) is 15.7. The number of aliphatic carboxylic acids is 1. The van der Waals surface area contributed by atoms with Gasteiger partial charge in [-0.25, -0.2) is 4.79 Å². The number of urea groups is 1. The average molecular weight is 398 g/mol. The third kappa shape index (κ3) is 6.61. The number of carboxylic acids is 1. The fourth-order valence-corrected chi connectivity index (χ4v) is 2.47. The van der Waals surface area contributed by atoms with Crippen molar-refractivity contribution < 1.29 is 19.5 Å². The predicted molar refractivity (Wildman–Crippen MR) is 106 cm³/mol. The Hall–Kier alpha value is -3.95. The molecule has 1 aromatic carbocycles. The number of nitrogen functional groups attached to an aromatic ring is 1. The number of nitrogens with one attached hydrogen (secondary N) is 4. The molecule has 1 heterocycles. The van der Waals surface area contributed by atoms with E-state index in [-0.39, 0.29) is 12.3 Å². The first kappa shape index (κ1) is 21.4. The van der Waals surface area contributed by atoms with Gasteiger partial charge >= 0.3 is 12.0 Å². The van der Waals surface area contributed by atoms with Crippen LogP contribution in [-0.4, -0.2) is 39.9 Å². The molecule has 0 saturated carbocycles. The lowest BCUT2D eigenvalue weighted by Crippen LogP contribution is -2.47. The van der Waals surface area contributed by atoms with E-state index < -0.39 is 30.0 Å².